The second kappa shape index (κ2) is 4.96. The van der Waals surface area contributed by atoms with Gasteiger partial charge >= 0.3 is 0 Å². The summed E-state index contributed by atoms with van der Waals surface area (Å²) in [6.45, 7) is 0. The fourth-order valence-corrected chi connectivity index (χ4v) is 3.40. The second-order valence-corrected chi connectivity index (χ2v) is 7.03. The maximum atomic E-state index is 11.2. The highest BCUT2D eigenvalue weighted by Gasteiger charge is 2.35. The predicted octanol–water partition coefficient (Wildman–Crippen LogP) is 0.843. The Morgan fingerprint density at radius 1 is 1.33 bits per heavy atom. The molecule has 2 heterocycles. The molecule has 3 N–H and O–H groups in total. The zero-order chi connectivity index (χ0) is 15.0. The fraction of sp³-hybridized carbons (Fsp3) is 0.308. The van der Waals surface area contributed by atoms with Gasteiger partial charge in [-0.05, 0) is 17.7 Å². The molecule has 3 rings (SSSR count). The number of nitrogens with one attached hydrogen (secondary N) is 1. The molecule has 1 fully saturated rings. The Kier molecular flexibility index (Phi) is 3.25. The molecular weight excluding hydrogens is 294 g/mol. The Morgan fingerprint density at radius 3 is 2.67 bits per heavy atom. The van der Waals surface area contributed by atoms with Gasteiger partial charge in [-0.3, -0.25) is 5.10 Å². The van der Waals surface area contributed by atoms with Gasteiger partial charge in [0.15, 0.2) is 21.3 Å². The lowest BCUT2D eigenvalue weighted by molar-refractivity contribution is 0.219. The minimum atomic E-state index is -2.91. The van der Waals surface area contributed by atoms with Crippen LogP contribution in [0.5, 0.6) is 11.5 Å². The predicted molar refractivity (Wildman–Crippen MR) is 78.1 cm³/mol. The lowest BCUT2D eigenvalue weighted by atomic mass is 10.1. The van der Waals surface area contributed by atoms with Crippen molar-refractivity contribution in [2.45, 2.75) is 6.10 Å². The third kappa shape index (κ3) is 2.66. The SMILES string of the molecule is COc1cc(-c2cn[nH]c2N)ccc1OC1CS(=O)(=O)C1. The van der Waals surface area contributed by atoms with E-state index in [1.165, 1.54) is 7.11 Å². The maximum Gasteiger partial charge on any atom is 0.161 e. The summed E-state index contributed by atoms with van der Waals surface area (Å²) in [7, 11) is -1.38. The normalized spacial score (nSPS) is 17.2. The van der Waals surface area contributed by atoms with Gasteiger partial charge in [0.1, 0.15) is 11.9 Å². The molecule has 0 spiro atoms. The van der Waals surface area contributed by atoms with Gasteiger partial charge in [-0.15, -0.1) is 0 Å². The number of H-pyrrole nitrogens is 1. The Hall–Kier alpha value is -2.22. The second-order valence-electron chi connectivity index (χ2n) is 4.88. The van der Waals surface area contributed by atoms with Gasteiger partial charge in [-0.2, -0.15) is 5.10 Å². The van der Waals surface area contributed by atoms with E-state index in [0.29, 0.717) is 17.3 Å². The Balaban J connectivity index is 1.84. The van der Waals surface area contributed by atoms with E-state index in [4.69, 9.17) is 15.2 Å². The highest BCUT2D eigenvalue weighted by Crippen LogP contribution is 2.35. The van der Waals surface area contributed by atoms with Gasteiger partial charge in [0.25, 0.3) is 0 Å². The van der Waals surface area contributed by atoms with Crippen LogP contribution in [0.3, 0.4) is 0 Å². The van der Waals surface area contributed by atoms with Crippen molar-refractivity contribution in [1.29, 1.82) is 0 Å². The zero-order valence-electron chi connectivity index (χ0n) is 11.4. The number of rotatable bonds is 4. The maximum absolute atomic E-state index is 11.2. The lowest BCUT2D eigenvalue weighted by Gasteiger charge is -2.27. The third-order valence-electron chi connectivity index (χ3n) is 3.32. The van der Waals surface area contributed by atoms with E-state index >= 15 is 0 Å². The van der Waals surface area contributed by atoms with Crippen LogP contribution in [0.15, 0.2) is 24.4 Å². The molecular formula is C13H15N3O4S. The highest BCUT2D eigenvalue weighted by molar-refractivity contribution is 7.92. The number of aromatic nitrogens is 2. The van der Waals surface area contributed by atoms with E-state index < -0.39 is 9.84 Å². The number of hydrogen-bond acceptors (Lipinski definition) is 6. The molecule has 0 saturated carbocycles. The van der Waals surface area contributed by atoms with E-state index in [0.717, 1.165) is 11.1 Å². The highest BCUT2D eigenvalue weighted by atomic mass is 32.2. The number of nitrogen functional groups attached to an aromatic ring is 1. The van der Waals surface area contributed by atoms with Crippen LogP contribution in [0.2, 0.25) is 0 Å². The van der Waals surface area contributed by atoms with Crippen molar-refractivity contribution in [3.05, 3.63) is 24.4 Å². The van der Waals surface area contributed by atoms with Gasteiger partial charge in [0, 0.05) is 5.56 Å². The molecule has 112 valence electrons. The Labute approximate surface area is 122 Å². The van der Waals surface area contributed by atoms with Gasteiger partial charge in [0.05, 0.1) is 24.8 Å². The van der Waals surface area contributed by atoms with Crippen molar-refractivity contribution in [3.8, 4) is 22.6 Å². The molecule has 0 aliphatic carbocycles. The van der Waals surface area contributed by atoms with E-state index in [2.05, 4.69) is 10.2 Å². The van der Waals surface area contributed by atoms with Crippen LogP contribution in [0.1, 0.15) is 0 Å². The lowest BCUT2D eigenvalue weighted by Crippen LogP contribution is -2.45. The summed E-state index contributed by atoms with van der Waals surface area (Å²) in [4.78, 5) is 0. The van der Waals surface area contributed by atoms with Crippen LogP contribution in [-0.2, 0) is 9.84 Å². The molecule has 1 saturated heterocycles. The smallest absolute Gasteiger partial charge is 0.161 e. The molecule has 8 heteroatoms. The minimum Gasteiger partial charge on any atom is -0.493 e. The molecule has 1 aliphatic heterocycles. The number of benzene rings is 1. The summed E-state index contributed by atoms with van der Waals surface area (Å²) in [5.74, 6) is 1.61. The number of sulfone groups is 1. The van der Waals surface area contributed by atoms with E-state index in [9.17, 15) is 8.42 Å². The molecule has 1 aromatic heterocycles. The summed E-state index contributed by atoms with van der Waals surface area (Å²) in [6, 6.07) is 5.35. The topological polar surface area (TPSA) is 107 Å². The molecule has 0 amide bonds. The van der Waals surface area contributed by atoms with Crippen molar-refractivity contribution in [2.24, 2.45) is 0 Å². The number of methoxy groups -OCH3 is 1. The molecule has 2 aromatic rings. The van der Waals surface area contributed by atoms with Crippen molar-refractivity contribution in [3.63, 3.8) is 0 Å². The van der Waals surface area contributed by atoms with Crippen LogP contribution >= 0.6 is 0 Å². The van der Waals surface area contributed by atoms with Gasteiger partial charge in [-0.1, -0.05) is 6.07 Å². The average Bonchev–Trinajstić information content (AvgIpc) is 2.83. The molecule has 7 nitrogen and oxygen atoms in total. The molecule has 1 aliphatic rings. The van der Waals surface area contributed by atoms with Crippen LogP contribution in [0, 0.1) is 0 Å². The first-order valence-electron chi connectivity index (χ1n) is 6.33. The molecule has 0 radical (unpaired) electrons. The number of ether oxygens (including phenoxy) is 2. The van der Waals surface area contributed by atoms with Crippen LogP contribution in [-0.4, -0.2) is 43.3 Å². The van der Waals surface area contributed by atoms with E-state index in [1.54, 1.807) is 18.3 Å². The van der Waals surface area contributed by atoms with E-state index in [-0.39, 0.29) is 17.6 Å². The number of nitrogens with two attached hydrogens (primary N) is 1. The Morgan fingerprint density at radius 2 is 2.10 bits per heavy atom. The quantitative estimate of drug-likeness (QED) is 0.866. The van der Waals surface area contributed by atoms with Crippen molar-refractivity contribution < 1.29 is 17.9 Å². The summed E-state index contributed by atoms with van der Waals surface area (Å²) >= 11 is 0. The molecule has 0 atom stereocenters. The standard InChI is InChI=1S/C13H15N3O4S/c1-19-12-4-8(10-5-15-16-13(10)14)2-3-11(12)20-9-6-21(17,18)7-9/h2-5,9H,6-7H2,1H3,(H3,14,15,16). The molecule has 21 heavy (non-hydrogen) atoms. The minimum absolute atomic E-state index is 0.0482. The van der Waals surface area contributed by atoms with Crippen molar-refractivity contribution in [2.75, 3.05) is 24.3 Å². The first-order chi connectivity index (χ1) is 9.98. The first-order valence-corrected chi connectivity index (χ1v) is 8.15. The van der Waals surface area contributed by atoms with Gasteiger partial charge in [0.2, 0.25) is 0 Å². The number of anilines is 1. The monoisotopic (exact) mass is 309 g/mol. The average molecular weight is 309 g/mol. The first kappa shape index (κ1) is 13.7. The number of aromatic amines is 1. The van der Waals surface area contributed by atoms with Crippen LogP contribution < -0.4 is 15.2 Å². The number of nitrogens with zero attached hydrogens (tertiary/aromatic N) is 1. The summed E-state index contributed by atoms with van der Waals surface area (Å²) < 4.78 is 33.3. The zero-order valence-corrected chi connectivity index (χ0v) is 12.2. The van der Waals surface area contributed by atoms with Crippen molar-refractivity contribution >= 4 is 15.7 Å². The van der Waals surface area contributed by atoms with Gasteiger partial charge < -0.3 is 15.2 Å². The summed E-state index contributed by atoms with van der Waals surface area (Å²) in [6.07, 6.45) is 1.32. The summed E-state index contributed by atoms with van der Waals surface area (Å²) in [5, 5.41) is 6.54. The van der Waals surface area contributed by atoms with Crippen LogP contribution in [0.4, 0.5) is 5.82 Å². The van der Waals surface area contributed by atoms with Crippen molar-refractivity contribution in [1.82, 2.24) is 10.2 Å². The van der Waals surface area contributed by atoms with Gasteiger partial charge in [-0.25, -0.2) is 8.42 Å². The third-order valence-corrected chi connectivity index (χ3v) is 5.08. The van der Waals surface area contributed by atoms with E-state index in [1.807, 2.05) is 6.07 Å². The fourth-order valence-electron chi connectivity index (χ4n) is 2.22. The molecule has 0 unspecified atom stereocenters. The number of hydrogen-bond donors (Lipinski definition) is 2. The largest absolute Gasteiger partial charge is 0.493 e. The molecule has 0 bridgehead atoms. The molecule has 1 aromatic carbocycles. The Bertz CT molecular complexity index is 757. The summed E-state index contributed by atoms with van der Waals surface area (Å²) in [5.41, 5.74) is 7.40. The van der Waals surface area contributed by atoms with Crippen LogP contribution in [0.25, 0.3) is 11.1 Å².